The number of carboxylic acids is 1. The van der Waals surface area contributed by atoms with E-state index in [-0.39, 0.29) is 11.3 Å². The summed E-state index contributed by atoms with van der Waals surface area (Å²) in [7, 11) is 0. The summed E-state index contributed by atoms with van der Waals surface area (Å²) in [5, 5.41) is 24.9. The first-order valence-corrected chi connectivity index (χ1v) is 9.62. The van der Waals surface area contributed by atoms with Gasteiger partial charge in [-0.05, 0) is 40.6 Å². The van der Waals surface area contributed by atoms with Crippen LogP contribution in [0.25, 0.3) is 0 Å². The predicted octanol–water partition coefficient (Wildman–Crippen LogP) is 3.83. The number of hydrogen-bond donors (Lipinski definition) is 0. The lowest BCUT2D eigenvalue weighted by Gasteiger charge is -2.22. The molecular formula is C20H13BrNO4S-. The highest BCUT2D eigenvalue weighted by Crippen LogP contribution is 2.32. The first-order valence-electron chi connectivity index (χ1n) is 7.88. The maximum atomic E-state index is 11.7. The number of nitrogens with zero attached hydrogens (tertiary/aromatic N) is 1. The van der Waals surface area contributed by atoms with Gasteiger partial charge in [-0.2, -0.15) is 16.6 Å². The lowest BCUT2D eigenvalue weighted by Crippen LogP contribution is -2.33. The Morgan fingerprint density at radius 2 is 2.07 bits per heavy atom. The Morgan fingerprint density at radius 1 is 1.26 bits per heavy atom. The summed E-state index contributed by atoms with van der Waals surface area (Å²) in [4.78, 5) is 11.7. The van der Waals surface area contributed by atoms with Crippen LogP contribution in [-0.4, -0.2) is 5.97 Å². The second-order valence-corrected chi connectivity index (χ2v) is 7.16. The predicted molar refractivity (Wildman–Crippen MR) is 102 cm³/mol. The molecule has 0 amide bonds. The van der Waals surface area contributed by atoms with Gasteiger partial charge in [0.25, 0.3) is 0 Å². The standard InChI is InChI=1S/C20H14BrNO4S/c21-17-4-2-1-3-16(17)19(20(23)24)26-18-9-15(6-5-14(18)10-22)25-11-13-7-8-27-12-13/h1-9,12,19H,11H2,(H,23,24)/p-1. The second-order valence-electron chi connectivity index (χ2n) is 5.53. The van der Waals surface area contributed by atoms with Crippen molar-refractivity contribution in [3.05, 3.63) is 80.5 Å². The Morgan fingerprint density at radius 3 is 2.74 bits per heavy atom. The Balaban J connectivity index is 1.87. The number of rotatable bonds is 7. The normalized spacial score (nSPS) is 11.4. The van der Waals surface area contributed by atoms with Crippen LogP contribution in [0.15, 0.2) is 63.8 Å². The van der Waals surface area contributed by atoms with E-state index in [9.17, 15) is 15.2 Å². The zero-order valence-corrected chi connectivity index (χ0v) is 16.3. The van der Waals surface area contributed by atoms with E-state index in [1.165, 1.54) is 12.1 Å². The smallest absolute Gasteiger partial charge is 0.164 e. The van der Waals surface area contributed by atoms with Crippen molar-refractivity contribution in [2.45, 2.75) is 12.7 Å². The lowest BCUT2D eigenvalue weighted by atomic mass is 10.1. The topological polar surface area (TPSA) is 82.4 Å². The fourth-order valence-corrected chi connectivity index (χ4v) is 3.52. The number of benzene rings is 2. The van der Waals surface area contributed by atoms with Crippen molar-refractivity contribution in [1.29, 1.82) is 5.26 Å². The first kappa shape index (κ1) is 19.0. The van der Waals surface area contributed by atoms with Gasteiger partial charge in [0, 0.05) is 16.1 Å². The molecule has 0 aliphatic rings. The highest BCUT2D eigenvalue weighted by atomic mass is 79.9. The molecule has 136 valence electrons. The molecule has 1 unspecified atom stereocenters. The van der Waals surface area contributed by atoms with Gasteiger partial charge >= 0.3 is 0 Å². The largest absolute Gasteiger partial charge is 0.546 e. The molecule has 0 spiro atoms. The van der Waals surface area contributed by atoms with Gasteiger partial charge in [0.05, 0.1) is 11.5 Å². The highest BCUT2D eigenvalue weighted by molar-refractivity contribution is 9.10. The van der Waals surface area contributed by atoms with Crippen LogP contribution in [0.2, 0.25) is 0 Å². The van der Waals surface area contributed by atoms with Gasteiger partial charge in [0.15, 0.2) is 6.10 Å². The number of aliphatic carboxylic acids is 1. The van der Waals surface area contributed by atoms with Gasteiger partial charge in [-0.15, -0.1) is 0 Å². The first-order chi connectivity index (χ1) is 13.1. The molecule has 0 aliphatic carbocycles. The van der Waals surface area contributed by atoms with Crippen LogP contribution in [0, 0.1) is 11.3 Å². The Kier molecular flexibility index (Phi) is 6.12. The van der Waals surface area contributed by atoms with Crippen LogP contribution >= 0.6 is 27.3 Å². The average Bonchev–Trinajstić information content (AvgIpc) is 3.18. The van der Waals surface area contributed by atoms with Crippen LogP contribution in [-0.2, 0) is 11.4 Å². The molecule has 5 nitrogen and oxygen atoms in total. The third-order valence-electron chi connectivity index (χ3n) is 3.71. The van der Waals surface area contributed by atoms with E-state index in [1.807, 2.05) is 22.9 Å². The molecule has 0 saturated carbocycles. The number of hydrogen-bond acceptors (Lipinski definition) is 6. The molecule has 0 fully saturated rings. The zero-order valence-electron chi connectivity index (χ0n) is 13.9. The van der Waals surface area contributed by atoms with Gasteiger partial charge in [0.2, 0.25) is 0 Å². The van der Waals surface area contributed by atoms with Crippen LogP contribution in [0.3, 0.4) is 0 Å². The number of halogens is 1. The summed E-state index contributed by atoms with van der Waals surface area (Å²) in [6.07, 6.45) is -1.38. The Labute approximate surface area is 168 Å². The number of ether oxygens (including phenoxy) is 2. The summed E-state index contributed by atoms with van der Waals surface area (Å²) >= 11 is 4.89. The lowest BCUT2D eigenvalue weighted by molar-refractivity contribution is -0.314. The molecule has 3 aromatic rings. The second kappa shape index (κ2) is 8.71. The molecule has 0 radical (unpaired) electrons. The van der Waals surface area contributed by atoms with Crippen LogP contribution < -0.4 is 14.6 Å². The maximum absolute atomic E-state index is 11.7. The van der Waals surface area contributed by atoms with E-state index in [4.69, 9.17) is 9.47 Å². The molecule has 2 aromatic carbocycles. The molecule has 7 heteroatoms. The molecule has 0 bridgehead atoms. The SMILES string of the molecule is N#Cc1ccc(OCc2ccsc2)cc1OC(C(=O)[O-])c1ccccc1Br. The fourth-order valence-electron chi connectivity index (χ4n) is 2.38. The monoisotopic (exact) mass is 442 g/mol. The van der Waals surface area contributed by atoms with Gasteiger partial charge in [0.1, 0.15) is 24.2 Å². The van der Waals surface area contributed by atoms with Crippen molar-refractivity contribution in [1.82, 2.24) is 0 Å². The fraction of sp³-hybridized carbons (Fsp3) is 0.100. The summed E-state index contributed by atoms with van der Waals surface area (Å²) in [6, 6.07) is 15.4. The molecule has 27 heavy (non-hydrogen) atoms. The van der Waals surface area contributed by atoms with Crippen molar-refractivity contribution < 1.29 is 19.4 Å². The van der Waals surface area contributed by atoms with E-state index >= 15 is 0 Å². The molecular weight excluding hydrogens is 430 g/mol. The van der Waals surface area contributed by atoms with E-state index in [2.05, 4.69) is 15.9 Å². The zero-order chi connectivity index (χ0) is 19.2. The van der Waals surface area contributed by atoms with Gasteiger partial charge in [-0.3, -0.25) is 0 Å². The van der Waals surface area contributed by atoms with Crippen molar-refractivity contribution >= 4 is 33.2 Å². The Hall–Kier alpha value is -2.82. The molecule has 1 atom stereocenters. The molecule has 0 saturated heterocycles. The average molecular weight is 443 g/mol. The molecule has 1 aromatic heterocycles. The number of carbonyl (C=O) groups excluding carboxylic acids is 1. The van der Waals surface area contributed by atoms with Gasteiger partial charge < -0.3 is 19.4 Å². The summed E-state index contributed by atoms with van der Waals surface area (Å²) in [5.41, 5.74) is 1.62. The minimum Gasteiger partial charge on any atom is -0.546 e. The molecule has 0 N–H and O–H groups in total. The van der Waals surface area contributed by atoms with E-state index in [1.54, 1.807) is 41.7 Å². The van der Waals surface area contributed by atoms with E-state index in [0.29, 0.717) is 22.4 Å². The van der Waals surface area contributed by atoms with E-state index in [0.717, 1.165) is 5.56 Å². The Bertz CT molecular complexity index is 982. The summed E-state index contributed by atoms with van der Waals surface area (Å²) in [5.74, 6) is -0.819. The minimum absolute atomic E-state index is 0.116. The molecule has 1 heterocycles. The quantitative estimate of drug-likeness (QED) is 0.555. The third-order valence-corrected chi connectivity index (χ3v) is 5.16. The van der Waals surface area contributed by atoms with Crippen LogP contribution in [0.1, 0.15) is 22.8 Å². The number of carbonyl (C=O) groups is 1. The van der Waals surface area contributed by atoms with Crippen molar-refractivity contribution in [2.24, 2.45) is 0 Å². The van der Waals surface area contributed by atoms with Gasteiger partial charge in [-0.25, -0.2) is 0 Å². The summed E-state index contributed by atoms with van der Waals surface area (Å²) < 4.78 is 11.9. The third kappa shape index (κ3) is 4.67. The van der Waals surface area contributed by atoms with Crippen molar-refractivity contribution in [2.75, 3.05) is 0 Å². The summed E-state index contributed by atoms with van der Waals surface area (Å²) in [6.45, 7) is 0.364. The van der Waals surface area contributed by atoms with Crippen molar-refractivity contribution in [3.8, 4) is 17.6 Å². The maximum Gasteiger partial charge on any atom is 0.164 e. The van der Waals surface area contributed by atoms with E-state index < -0.39 is 12.1 Å². The highest BCUT2D eigenvalue weighted by Gasteiger charge is 2.19. The van der Waals surface area contributed by atoms with Crippen LogP contribution in [0.5, 0.6) is 11.5 Å². The molecule has 3 rings (SSSR count). The number of thiophene rings is 1. The number of nitriles is 1. The van der Waals surface area contributed by atoms with Gasteiger partial charge in [-0.1, -0.05) is 34.1 Å². The molecule has 0 aliphatic heterocycles. The number of carboxylic acid groups (broad SMARTS) is 1. The minimum atomic E-state index is -1.41. The van der Waals surface area contributed by atoms with Crippen LogP contribution in [0.4, 0.5) is 0 Å². The van der Waals surface area contributed by atoms with Crippen molar-refractivity contribution in [3.63, 3.8) is 0 Å².